The standard InChI is InChI=1S/C21H24N2O3/c1-3-4-15-6-8-19(20(10-15)25-2)26-14-21(24)23-11-16-5-7-17-12-22-13-18(17)9-16/h3-10,22H,11-14H2,1-2H3,(H,23,24)/b4-3+. The van der Waals surface area contributed by atoms with Crippen molar-refractivity contribution in [3.63, 3.8) is 0 Å². The number of benzene rings is 2. The van der Waals surface area contributed by atoms with Gasteiger partial charge in [0.25, 0.3) is 5.91 Å². The van der Waals surface area contributed by atoms with E-state index in [4.69, 9.17) is 9.47 Å². The Hall–Kier alpha value is -2.79. The molecule has 0 fully saturated rings. The van der Waals surface area contributed by atoms with Crippen molar-refractivity contribution in [3.8, 4) is 11.5 Å². The monoisotopic (exact) mass is 352 g/mol. The molecule has 0 saturated carbocycles. The zero-order chi connectivity index (χ0) is 18.4. The van der Waals surface area contributed by atoms with Gasteiger partial charge in [-0.15, -0.1) is 0 Å². The van der Waals surface area contributed by atoms with E-state index in [9.17, 15) is 4.79 Å². The van der Waals surface area contributed by atoms with E-state index in [0.29, 0.717) is 18.0 Å². The Labute approximate surface area is 154 Å². The lowest BCUT2D eigenvalue weighted by atomic mass is 10.1. The van der Waals surface area contributed by atoms with Crippen LogP contribution in [0.25, 0.3) is 6.08 Å². The Morgan fingerprint density at radius 1 is 1.15 bits per heavy atom. The molecule has 0 aromatic heterocycles. The summed E-state index contributed by atoms with van der Waals surface area (Å²) in [5.74, 6) is 1.00. The van der Waals surface area contributed by atoms with E-state index >= 15 is 0 Å². The van der Waals surface area contributed by atoms with Crippen LogP contribution in [0.4, 0.5) is 0 Å². The van der Waals surface area contributed by atoms with Gasteiger partial charge in [-0.3, -0.25) is 4.79 Å². The number of carbonyl (C=O) groups is 1. The molecule has 0 aliphatic carbocycles. The van der Waals surface area contributed by atoms with Crippen molar-refractivity contribution < 1.29 is 14.3 Å². The second-order valence-corrected chi connectivity index (χ2v) is 6.18. The first kappa shape index (κ1) is 18.0. The molecule has 5 nitrogen and oxygen atoms in total. The van der Waals surface area contributed by atoms with Crippen LogP contribution in [0.2, 0.25) is 0 Å². The fraction of sp³-hybridized carbons (Fsp3) is 0.286. The van der Waals surface area contributed by atoms with Gasteiger partial charge < -0.3 is 20.1 Å². The van der Waals surface area contributed by atoms with Crippen LogP contribution in [0.1, 0.15) is 29.2 Å². The van der Waals surface area contributed by atoms with Gasteiger partial charge in [0.2, 0.25) is 0 Å². The van der Waals surface area contributed by atoms with Crippen LogP contribution in [-0.4, -0.2) is 19.6 Å². The van der Waals surface area contributed by atoms with Crippen LogP contribution in [0.15, 0.2) is 42.5 Å². The zero-order valence-electron chi connectivity index (χ0n) is 15.2. The largest absolute Gasteiger partial charge is 0.493 e. The predicted octanol–water partition coefficient (Wildman–Crippen LogP) is 3.03. The number of ether oxygens (including phenoxy) is 2. The number of amides is 1. The molecule has 2 N–H and O–H groups in total. The highest BCUT2D eigenvalue weighted by molar-refractivity contribution is 5.77. The zero-order valence-corrected chi connectivity index (χ0v) is 15.2. The number of carbonyl (C=O) groups excluding carboxylic acids is 1. The summed E-state index contributed by atoms with van der Waals surface area (Å²) in [6, 6.07) is 11.9. The number of fused-ring (bicyclic) bond motifs is 1. The van der Waals surface area contributed by atoms with Crippen molar-refractivity contribution in [1.29, 1.82) is 0 Å². The average molecular weight is 352 g/mol. The van der Waals surface area contributed by atoms with E-state index in [1.807, 2.05) is 37.3 Å². The number of nitrogens with one attached hydrogen (secondary N) is 2. The molecular formula is C21H24N2O3. The van der Waals surface area contributed by atoms with E-state index in [0.717, 1.165) is 24.2 Å². The third kappa shape index (κ3) is 4.43. The van der Waals surface area contributed by atoms with Crippen molar-refractivity contribution >= 4 is 12.0 Å². The van der Waals surface area contributed by atoms with Crippen molar-refractivity contribution in [2.24, 2.45) is 0 Å². The first-order chi connectivity index (χ1) is 12.7. The molecule has 0 saturated heterocycles. The highest BCUT2D eigenvalue weighted by atomic mass is 16.5. The van der Waals surface area contributed by atoms with E-state index in [1.54, 1.807) is 7.11 Å². The maximum Gasteiger partial charge on any atom is 0.258 e. The first-order valence-electron chi connectivity index (χ1n) is 8.71. The normalized spacial score (nSPS) is 12.8. The van der Waals surface area contributed by atoms with Crippen LogP contribution >= 0.6 is 0 Å². The summed E-state index contributed by atoms with van der Waals surface area (Å²) in [5.41, 5.74) is 4.75. The Morgan fingerprint density at radius 2 is 2.00 bits per heavy atom. The van der Waals surface area contributed by atoms with Gasteiger partial charge in [-0.05, 0) is 41.3 Å². The summed E-state index contributed by atoms with van der Waals surface area (Å²) in [6.45, 7) is 4.21. The van der Waals surface area contributed by atoms with Crippen LogP contribution < -0.4 is 20.1 Å². The first-order valence-corrected chi connectivity index (χ1v) is 8.71. The maximum atomic E-state index is 12.1. The third-order valence-corrected chi connectivity index (χ3v) is 4.30. The SMILES string of the molecule is C/C=C/c1ccc(OCC(=O)NCc2ccc3c(c2)CNC3)c(OC)c1. The summed E-state index contributed by atoms with van der Waals surface area (Å²) in [5, 5.41) is 6.21. The van der Waals surface area contributed by atoms with Gasteiger partial charge in [-0.1, -0.05) is 36.4 Å². The summed E-state index contributed by atoms with van der Waals surface area (Å²) in [4.78, 5) is 12.1. The molecule has 136 valence electrons. The fourth-order valence-electron chi connectivity index (χ4n) is 2.95. The Morgan fingerprint density at radius 3 is 2.81 bits per heavy atom. The van der Waals surface area contributed by atoms with E-state index in [-0.39, 0.29) is 12.5 Å². The van der Waals surface area contributed by atoms with Crippen LogP contribution in [-0.2, 0) is 24.4 Å². The second-order valence-electron chi connectivity index (χ2n) is 6.18. The van der Waals surface area contributed by atoms with Crippen LogP contribution in [0.5, 0.6) is 11.5 Å². The van der Waals surface area contributed by atoms with Crippen LogP contribution in [0.3, 0.4) is 0 Å². The number of hydrogen-bond acceptors (Lipinski definition) is 4. The molecule has 26 heavy (non-hydrogen) atoms. The van der Waals surface area contributed by atoms with E-state index < -0.39 is 0 Å². The number of hydrogen-bond donors (Lipinski definition) is 2. The average Bonchev–Trinajstić information content (AvgIpc) is 3.13. The maximum absolute atomic E-state index is 12.1. The molecule has 1 aliphatic rings. The fourth-order valence-corrected chi connectivity index (χ4v) is 2.95. The lowest BCUT2D eigenvalue weighted by Crippen LogP contribution is -2.28. The molecule has 0 radical (unpaired) electrons. The second kappa shape index (κ2) is 8.54. The van der Waals surface area contributed by atoms with E-state index in [2.05, 4.69) is 28.8 Å². The van der Waals surface area contributed by atoms with Crippen molar-refractivity contribution in [1.82, 2.24) is 10.6 Å². The minimum absolute atomic E-state index is 0.0498. The molecule has 2 aromatic rings. The molecule has 0 unspecified atom stereocenters. The molecule has 1 heterocycles. The summed E-state index contributed by atoms with van der Waals surface area (Å²) in [6.07, 6.45) is 3.93. The molecule has 1 aliphatic heterocycles. The van der Waals surface area contributed by atoms with Crippen molar-refractivity contribution in [2.45, 2.75) is 26.6 Å². The minimum Gasteiger partial charge on any atom is -0.493 e. The molecule has 5 heteroatoms. The molecule has 3 rings (SSSR count). The van der Waals surface area contributed by atoms with Gasteiger partial charge in [-0.2, -0.15) is 0 Å². The van der Waals surface area contributed by atoms with Crippen molar-refractivity contribution in [3.05, 3.63) is 64.7 Å². The lowest BCUT2D eigenvalue weighted by molar-refractivity contribution is -0.123. The topological polar surface area (TPSA) is 59.6 Å². The predicted molar refractivity (Wildman–Crippen MR) is 102 cm³/mol. The van der Waals surface area contributed by atoms with Gasteiger partial charge >= 0.3 is 0 Å². The molecule has 1 amide bonds. The quantitative estimate of drug-likeness (QED) is 0.804. The summed E-state index contributed by atoms with van der Waals surface area (Å²) < 4.78 is 11.0. The third-order valence-electron chi connectivity index (χ3n) is 4.30. The smallest absolute Gasteiger partial charge is 0.258 e. The number of methoxy groups -OCH3 is 1. The lowest BCUT2D eigenvalue weighted by Gasteiger charge is -2.12. The molecule has 0 atom stereocenters. The summed E-state index contributed by atoms with van der Waals surface area (Å²) >= 11 is 0. The summed E-state index contributed by atoms with van der Waals surface area (Å²) in [7, 11) is 1.59. The van der Waals surface area contributed by atoms with E-state index in [1.165, 1.54) is 11.1 Å². The molecule has 0 spiro atoms. The van der Waals surface area contributed by atoms with Gasteiger partial charge in [0.05, 0.1) is 7.11 Å². The molecule has 0 bridgehead atoms. The molecular weight excluding hydrogens is 328 g/mol. The Balaban J connectivity index is 1.52. The Kier molecular flexibility index (Phi) is 5.92. The number of rotatable bonds is 7. The highest BCUT2D eigenvalue weighted by Gasteiger charge is 2.11. The minimum atomic E-state index is -0.164. The van der Waals surface area contributed by atoms with Gasteiger partial charge in [0.15, 0.2) is 18.1 Å². The van der Waals surface area contributed by atoms with Gasteiger partial charge in [-0.25, -0.2) is 0 Å². The van der Waals surface area contributed by atoms with Gasteiger partial charge in [0, 0.05) is 19.6 Å². The van der Waals surface area contributed by atoms with Gasteiger partial charge in [0.1, 0.15) is 0 Å². The van der Waals surface area contributed by atoms with Crippen molar-refractivity contribution in [2.75, 3.05) is 13.7 Å². The van der Waals surface area contributed by atoms with Crippen LogP contribution in [0, 0.1) is 0 Å². The highest BCUT2D eigenvalue weighted by Crippen LogP contribution is 2.28. The number of allylic oxidation sites excluding steroid dienone is 1. The Bertz CT molecular complexity index is 815. The molecule has 2 aromatic carbocycles.